The highest BCUT2D eigenvalue weighted by atomic mass is 32.2. The molecular weight excluding hydrogens is 346 g/mol. The number of hydrogen-bond acceptors (Lipinski definition) is 4. The van der Waals surface area contributed by atoms with E-state index in [2.05, 4.69) is 28.1 Å². The fraction of sp³-hybridized carbons (Fsp3) is 0.444. The van der Waals surface area contributed by atoms with Crippen molar-refractivity contribution in [2.45, 2.75) is 46.0 Å². The lowest BCUT2D eigenvalue weighted by Crippen LogP contribution is -2.09. The van der Waals surface area contributed by atoms with Gasteiger partial charge in [0.2, 0.25) is 0 Å². The summed E-state index contributed by atoms with van der Waals surface area (Å²) in [5.41, 5.74) is 2.53. The molecule has 0 bridgehead atoms. The second kappa shape index (κ2) is 8.47. The van der Waals surface area contributed by atoms with Crippen molar-refractivity contribution < 1.29 is 18.3 Å². The number of thioether (sulfide) groups is 1. The summed E-state index contributed by atoms with van der Waals surface area (Å²) in [5.74, 6) is 0.675. The summed E-state index contributed by atoms with van der Waals surface area (Å²) in [4.78, 5) is 16.9. The lowest BCUT2D eigenvalue weighted by atomic mass is 10.1. The molecule has 1 heterocycles. The van der Waals surface area contributed by atoms with Gasteiger partial charge in [-0.25, -0.2) is 4.98 Å². The summed E-state index contributed by atoms with van der Waals surface area (Å²) in [6.45, 7) is 6.24. The van der Waals surface area contributed by atoms with Crippen molar-refractivity contribution in [3.63, 3.8) is 0 Å². The number of carbonyl (C=O) groups is 1. The number of halogens is 2. The highest BCUT2D eigenvalue weighted by Gasteiger charge is 2.15. The molecular formula is C18H22F2N2O2S. The number of ketones is 1. The van der Waals surface area contributed by atoms with Crippen LogP contribution in [-0.4, -0.2) is 27.7 Å². The number of hydrogen-bond donors (Lipinski definition) is 0. The molecule has 0 fully saturated rings. The van der Waals surface area contributed by atoms with Crippen LogP contribution in [0, 0.1) is 19.8 Å². The van der Waals surface area contributed by atoms with Gasteiger partial charge in [-0.05, 0) is 44.0 Å². The summed E-state index contributed by atoms with van der Waals surface area (Å²) in [6, 6.07) is 5.74. The number of rotatable bonds is 8. The molecule has 2 rings (SSSR count). The highest BCUT2D eigenvalue weighted by Crippen LogP contribution is 2.24. The maximum atomic E-state index is 12.3. The molecule has 0 saturated heterocycles. The van der Waals surface area contributed by atoms with Crippen LogP contribution in [0.4, 0.5) is 8.78 Å². The lowest BCUT2D eigenvalue weighted by Gasteiger charge is -2.12. The summed E-state index contributed by atoms with van der Waals surface area (Å²) < 4.78 is 30.7. The summed E-state index contributed by atoms with van der Waals surface area (Å²) >= 11 is 1.39. The predicted octanol–water partition coefficient (Wildman–Crippen LogP) is 4.73. The lowest BCUT2D eigenvalue weighted by molar-refractivity contribution is -0.0498. The summed E-state index contributed by atoms with van der Waals surface area (Å²) in [6.07, 6.45) is 0. The number of aryl methyl sites for hydroxylation is 1. The molecule has 25 heavy (non-hydrogen) atoms. The molecule has 2 aromatic rings. The van der Waals surface area contributed by atoms with Gasteiger partial charge < -0.3 is 9.30 Å². The van der Waals surface area contributed by atoms with Gasteiger partial charge in [-0.1, -0.05) is 25.6 Å². The first-order valence-corrected chi connectivity index (χ1v) is 9.01. The Bertz CT molecular complexity index is 727. The van der Waals surface area contributed by atoms with Crippen LogP contribution in [0.15, 0.2) is 29.4 Å². The van der Waals surface area contributed by atoms with E-state index >= 15 is 0 Å². The summed E-state index contributed by atoms with van der Waals surface area (Å²) in [7, 11) is 0. The van der Waals surface area contributed by atoms with Crippen molar-refractivity contribution in [1.29, 1.82) is 0 Å². The molecule has 0 atom stereocenters. The van der Waals surface area contributed by atoms with E-state index in [4.69, 9.17) is 0 Å². The van der Waals surface area contributed by atoms with Crippen molar-refractivity contribution in [3.8, 4) is 5.75 Å². The van der Waals surface area contributed by atoms with E-state index < -0.39 is 6.61 Å². The van der Waals surface area contributed by atoms with Crippen LogP contribution in [0.5, 0.6) is 5.75 Å². The van der Waals surface area contributed by atoms with Crippen molar-refractivity contribution in [2.24, 2.45) is 5.92 Å². The minimum atomic E-state index is -2.87. The molecule has 4 nitrogen and oxygen atoms in total. The minimum Gasteiger partial charge on any atom is -0.435 e. The SMILES string of the molecule is Cc1nc(SCC(=O)c2ccc(OC(F)F)cc2)n(CC(C)C)c1C. The Morgan fingerprint density at radius 3 is 2.44 bits per heavy atom. The zero-order valence-corrected chi connectivity index (χ0v) is 15.6. The van der Waals surface area contributed by atoms with Crippen LogP contribution < -0.4 is 4.74 Å². The third-order valence-corrected chi connectivity index (χ3v) is 4.68. The molecule has 7 heteroatoms. The molecule has 0 N–H and O–H groups in total. The first-order chi connectivity index (χ1) is 11.8. The number of nitrogens with zero attached hydrogens (tertiary/aromatic N) is 2. The van der Waals surface area contributed by atoms with Gasteiger partial charge in [-0.3, -0.25) is 4.79 Å². The monoisotopic (exact) mass is 368 g/mol. The smallest absolute Gasteiger partial charge is 0.387 e. The van der Waals surface area contributed by atoms with E-state index in [0.717, 1.165) is 23.1 Å². The number of carbonyl (C=O) groups excluding carboxylic acids is 1. The Morgan fingerprint density at radius 1 is 1.24 bits per heavy atom. The first-order valence-electron chi connectivity index (χ1n) is 8.02. The largest absolute Gasteiger partial charge is 0.435 e. The number of aromatic nitrogens is 2. The Labute approximate surface area is 150 Å². The molecule has 0 radical (unpaired) electrons. The van der Waals surface area contributed by atoms with E-state index in [0.29, 0.717) is 11.5 Å². The van der Waals surface area contributed by atoms with Gasteiger partial charge in [0.25, 0.3) is 0 Å². The summed E-state index contributed by atoms with van der Waals surface area (Å²) in [5, 5.41) is 0.828. The Hall–Kier alpha value is -1.89. The molecule has 0 aliphatic heterocycles. The number of imidazole rings is 1. The zero-order chi connectivity index (χ0) is 18.6. The average molecular weight is 368 g/mol. The van der Waals surface area contributed by atoms with Crippen LogP contribution in [0.1, 0.15) is 35.6 Å². The normalized spacial score (nSPS) is 11.4. The van der Waals surface area contributed by atoms with Gasteiger partial charge in [-0.2, -0.15) is 8.78 Å². The van der Waals surface area contributed by atoms with E-state index in [1.54, 1.807) is 0 Å². The second-order valence-electron chi connectivity index (χ2n) is 6.18. The van der Waals surface area contributed by atoms with Crippen LogP contribution in [0.3, 0.4) is 0 Å². The third-order valence-electron chi connectivity index (χ3n) is 3.70. The molecule has 136 valence electrons. The van der Waals surface area contributed by atoms with Gasteiger partial charge in [-0.15, -0.1) is 0 Å². The van der Waals surface area contributed by atoms with Crippen LogP contribution >= 0.6 is 11.8 Å². The number of ether oxygens (including phenoxy) is 1. The van der Waals surface area contributed by atoms with Gasteiger partial charge in [0.1, 0.15) is 5.75 Å². The molecule has 0 aliphatic carbocycles. The highest BCUT2D eigenvalue weighted by molar-refractivity contribution is 7.99. The van der Waals surface area contributed by atoms with Gasteiger partial charge in [0.15, 0.2) is 10.9 Å². The Balaban J connectivity index is 2.03. The molecule has 1 aromatic carbocycles. The fourth-order valence-corrected chi connectivity index (χ4v) is 3.35. The van der Waals surface area contributed by atoms with Crippen LogP contribution in [0.2, 0.25) is 0 Å². The van der Waals surface area contributed by atoms with Crippen molar-refractivity contribution in [3.05, 3.63) is 41.2 Å². The quantitative estimate of drug-likeness (QED) is 0.499. The minimum absolute atomic E-state index is 0.0397. The Kier molecular flexibility index (Phi) is 6.58. The zero-order valence-electron chi connectivity index (χ0n) is 14.8. The molecule has 0 amide bonds. The Morgan fingerprint density at radius 2 is 1.88 bits per heavy atom. The molecule has 0 spiro atoms. The molecule has 0 saturated carbocycles. The molecule has 0 unspecified atom stereocenters. The van der Waals surface area contributed by atoms with E-state index in [1.807, 2.05) is 13.8 Å². The average Bonchev–Trinajstić information content (AvgIpc) is 2.80. The number of alkyl halides is 2. The molecule has 1 aromatic heterocycles. The third kappa shape index (κ3) is 5.29. The predicted molar refractivity (Wildman–Crippen MR) is 94.7 cm³/mol. The van der Waals surface area contributed by atoms with E-state index in [1.165, 1.54) is 36.0 Å². The van der Waals surface area contributed by atoms with Crippen LogP contribution in [0.25, 0.3) is 0 Å². The molecule has 0 aliphatic rings. The maximum absolute atomic E-state index is 12.3. The van der Waals surface area contributed by atoms with Crippen LogP contribution in [-0.2, 0) is 6.54 Å². The second-order valence-corrected chi connectivity index (χ2v) is 7.13. The standard InChI is InChI=1S/C18H22F2N2O2S/c1-11(2)9-22-13(4)12(3)21-18(22)25-10-16(23)14-5-7-15(8-6-14)24-17(19)20/h5-8,11,17H,9-10H2,1-4H3. The number of Topliss-reactive ketones (excluding diaryl/α,β-unsaturated/α-hetero) is 1. The van der Waals surface area contributed by atoms with Gasteiger partial charge in [0, 0.05) is 17.8 Å². The van der Waals surface area contributed by atoms with Crippen molar-refractivity contribution >= 4 is 17.5 Å². The van der Waals surface area contributed by atoms with E-state index in [-0.39, 0.29) is 17.3 Å². The number of benzene rings is 1. The van der Waals surface area contributed by atoms with Crippen molar-refractivity contribution in [1.82, 2.24) is 9.55 Å². The fourth-order valence-electron chi connectivity index (χ4n) is 2.35. The maximum Gasteiger partial charge on any atom is 0.387 e. The topological polar surface area (TPSA) is 44.1 Å². The first kappa shape index (κ1) is 19.4. The van der Waals surface area contributed by atoms with Crippen molar-refractivity contribution in [2.75, 3.05) is 5.75 Å². The van der Waals surface area contributed by atoms with Gasteiger partial charge >= 0.3 is 6.61 Å². The van der Waals surface area contributed by atoms with E-state index in [9.17, 15) is 13.6 Å². The van der Waals surface area contributed by atoms with Gasteiger partial charge in [0.05, 0.1) is 11.4 Å².